The minimum atomic E-state index is -0.0610. The van der Waals surface area contributed by atoms with E-state index in [1.807, 2.05) is 24.3 Å². The van der Waals surface area contributed by atoms with E-state index in [0.717, 1.165) is 25.1 Å². The fraction of sp³-hybridized carbons (Fsp3) is 0.188. The lowest BCUT2D eigenvalue weighted by molar-refractivity contribution is 0.0985. The molecule has 1 aromatic heterocycles. The first kappa shape index (κ1) is 12.4. The first-order valence-electron chi connectivity index (χ1n) is 6.55. The summed E-state index contributed by atoms with van der Waals surface area (Å²) in [7, 11) is 0. The molecule has 4 nitrogen and oxygen atoms in total. The van der Waals surface area contributed by atoms with Crippen LogP contribution in [0.3, 0.4) is 0 Å². The van der Waals surface area contributed by atoms with Crippen LogP contribution in [0.2, 0.25) is 0 Å². The summed E-state index contributed by atoms with van der Waals surface area (Å²) in [6, 6.07) is 13.2. The Morgan fingerprint density at radius 3 is 2.85 bits per heavy atom. The number of pyridine rings is 1. The van der Waals surface area contributed by atoms with Crippen molar-refractivity contribution in [2.75, 3.05) is 11.4 Å². The Morgan fingerprint density at radius 1 is 1.25 bits per heavy atom. The van der Waals surface area contributed by atoms with Crippen molar-refractivity contribution in [1.82, 2.24) is 4.98 Å². The van der Waals surface area contributed by atoms with Gasteiger partial charge in [0, 0.05) is 18.4 Å². The SMILES string of the molecule is N#Cc1ccc(C(=O)N2CCCc3ccccc32)cn1. The van der Waals surface area contributed by atoms with Crippen molar-refractivity contribution in [2.24, 2.45) is 0 Å². The second kappa shape index (κ2) is 5.14. The number of aromatic nitrogens is 1. The predicted octanol–water partition coefficient (Wildman–Crippen LogP) is 2.55. The number of hydrogen-bond acceptors (Lipinski definition) is 3. The molecule has 98 valence electrons. The zero-order valence-corrected chi connectivity index (χ0v) is 10.9. The summed E-state index contributed by atoms with van der Waals surface area (Å²) in [5.74, 6) is -0.0610. The largest absolute Gasteiger partial charge is 0.308 e. The Hall–Kier alpha value is -2.67. The van der Waals surface area contributed by atoms with E-state index < -0.39 is 0 Å². The van der Waals surface area contributed by atoms with Gasteiger partial charge in [-0.2, -0.15) is 5.26 Å². The van der Waals surface area contributed by atoms with Gasteiger partial charge in [-0.1, -0.05) is 18.2 Å². The number of fused-ring (bicyclic) bond motifs is 1. The topological polar surface area (TPSA) is 57.0 Å². The van der Waals surface area contributed by atoms with Crippen LogP contribution in [0.15, 0.2) is 42.6 Å². The maximum Gasteiger partial charge on any atom is 0.259 e. The average Bonchev–Trinajstić information content (AvgIpc) is 2.54. The second-order valence-electron chi connectivity index (χ2n) is 4.73. The van der Waals surface area contributed by atoms with E-state index in [9.17, 15) is 4.79 Å². The summed E-state index contributed by atoms with van der Waals surface area (Å²) in [5, 5.41) is 8.74. The van der Waals surface area contributed by atoms with Crippen LogP contribution < -0.4 is 4.90 Å². The van der Waals surface area contributed by atoms with E-state index in [2.05, 4.69) is 11.1 Å². The van der Waals surface area contributed by atoms with E-state index in [-0.39, 0.29) is 5.91 Å². The number of carbonyl (C=O) groups excluding carboxylic acids is 1. The van der Waals surface area contributed by atoms with Gasteiger partial charge in [-0.05, 0) is 36.6 Å². The molecule has 0 fully saturated rings. The zero-order chi connectivity index (χ0) is 13.9. The number of nitriles is 1. The van der Waals surface area contributed by atoms with Crippen LogP contribution in [0.1, 0.15) is 28.0 Å². The molecule has 0 saturated carbocycles. The van der Waals surface area contributed by atoms with Gasteiger partial charge in [-0.15, -0.1) is 0 Å². The fourth-order valence-corrected chi connectivity index (χ4v) is 2.49. The highest BCUT2D eigenvalue weighted by Crippen LogP contribution is 2.27. The van der Waals surface area contributed by atoms with Gasteiger partial charge in [0.15, 0.2) is 0 Å². The number of benzene rings is 1. The molecular weight excluding hydrogens is 250 g/mol. The molecule has 0 unspecified atom stereocenters. The molecule has 0 N–H and O–H groups in total. The van der Waals surface area contributed by atoms with Gasteiger partial charge < -0.3 is 4.90 Å². The highest BCUT2D eigenvalue weighted by Gasteiger charge is 2.23. The number of carbonyl (C=O) groups is 1. The number of para-hydroxylation sites is 1. The minimum absolute atomic E-state index is 0.0610. The van der Waals surface area contributed by atoms with Crippen molar-refractivity contribution >= 4 is 11.6 Å². The average molecular weight is 263 g/mol. The summed E-state index contributed by atoms with van der Waals surface area (Å²) in [4.78, 5) is 18.3. The van der Waals surface area contributed by atoms with Gasteiger partial charge in [-0.25, -0.2) is 4.98 Å². The van der Waals surface area contributed by atoms with Gasteiger partial charge in [-0.3, -0.25) is 4.79 Å². The molecule has 1 aliphatic rings. The summed E-state index contributed by atoms with van der Waals surface area (Å²) >= 11 is 0. The summed E-state index contributed by atoms with van der Waals surface area (Å²) in [5.41, 5.74) is 3.02. The van der Waals surface area contributed by atoms with Crippen molar-refractivity contribution < 1.29 is 4.79 Å². The van der Waals surface area contributed by atoms with Crippen LogP contribution in [-0.4, -0.2) is 17.4 Å². The Bertz CT molecular complexity index is 686. The van der Waals surface area contributed by atoms with Crippen LogP contribution >= 0.6 is 0 Å². The van der Waals surface area contributed by atoms with Gasteiger partial charge in [0.25, 0.3) is 5.91 Å². The molecule has 0 atom stereocenters. The van der Waals surface area contributed by atoms with Crippen molar-refractivity contribution in [3.05, 3.63) is 59.4 Å². The third kappa shape index (κ3) is 2.14. The lowest BCUT2D eigenvalue weighted by Crippen LogP contribution is -2.35. The zero-order valence-electron chi connectivity index (χ0n) is 10.9. The third-order valence-electron chi connectivity index (χ3n) is 3.48. The van der Waals surface area contributed by atoms with Crippen LogP contribution in [-0.2, 0) is 6.42 Å². The Kier molecular flexibility index (Phi) is 3.18. The van der Waals surface area contributed by atoms with Gasteiger partial charge in [0.1, 0.15) is 11.8 Å². The Morgan fingerprint density at radius 2 is 2.10 bits per heavy atom. The van der Waals surface area contributed by atoms with Crippen molar-refractivity contribution in [3.8, 4) is 6.07 Å². The van der Waals surface area contributed by atoms with Crippen molar-refractivity contribution in [1.29, 1.82) is 5.26 Å². The van der Waals surface area contributed by atoms with Crippen LogP contribution in [0, 0.1) is 11.3 Å². The lowest BCUT2D eigenvalue weighted by atomic mass is 10.0. The molecule has 0 aliphatic carbocycles. The van der Waals surface area contributed by atoms with E-state index in [1.165, 1.54) is 11.8 Å². The smallest absolute Gasteiger partial charge is 0.259 e. The number of rotatable bonds is 1. The molecule has 0 bridgehead atoms. The monoisotopic (exact) mass is 263 g/mol. The van der Waals surface area contributed by atoms with Gasteiger partial charge >= 0.3 is 0 Å². The first-order valence-corrected chi connectivity index (χ1v) is 6.55. The van der Waals surface area contributed by atoms with E-state index in [1.54, 1.807) is 17.0 Å². The highest BCUT2D eigenvalue weighted by atomic mass is 16.2. The van der Waals surface area contributed by atoms with E-state index >= 15 is 0 Å². The molecular formula is C16H13N3O. The summed E-state index contributed by atoms with van der Waals surface area (Å²) in [6.45, 7) is 0.718. The van der Waals surface area contributed by atoms with E-state index in [0.29, 0.717) is 11.3 Å². The summed E-state index contributed by atoms with van der Waals surface area (Å²) < 4.78 is 0. The second-order valence-corrected chi connectivity index (χ2v) is 4.73. The molecule has 1 amide bonds. The van der Waals surface area contributed by atoms with Crippen molar-refractivity contribution in [2.45, 2.75) is 12.8 Å². The Balaban J connectivity index is 1.93. The molecule has 20 heavy (non-hydrogen) atoms. The molecule has 3 rings (SSSR count). The lowest BCUT2D eigenvalue weighted by Gasteiger charge is -2.29. The number of hydrogen-bond donors (Lipinski definition) is 0. The normalized spacial score (nSPS) is 13.4. The first-order chi connectivity index (χ1) is 9.79. The predicted molar refractivity (Wildman–Crippen MR) is 75.4 cm³/mol. The highest BCUT2D eigenvalue weighted by molar-refractivity contribution is 6.06. The molecule has 2 heterocycles. The molecule has 1 aliphatic heterocycles. The quantitative estimate of drug-likeness (QED) is 0.794. The maximum absolute atomic E-state index is 12.6. The van der Waals surface area contributed by atoms with E-state index in [4.69, 9.17) is 5.26 Å². The number of anilines is 1. The molecule has 4 heteroatoms. The standard InChI is InChI=1S/C16H13N3O/c17-10-14-8-7-13(11-18-14)16(20)19-9-3-5-12-4-1-2-6-15(12)19/h1-2,4,6-8,11H,3,5,9H2. The molecule has 0 spiro atoms. The molecule has 1 aromatic carbocycles. The third-order valence-corrected chi connectivity index (χ3v) is 3.48. The van der Waals surface area contributed by atoms with Crippen LogP contribution in [0.5, 0.6) is 0 Å². The molecule has 0 radical (unpaired) electrons. The number of amides is 1. The van der Waals surface area contributed by atoms with Gasteiger partial charge in [0.05, 0.1) is 5.56 Å². The Labute approximate surface area is 117 Å². The molecule has 0 saturated heterocycles. The minimum Gasteiger partial charge on any atom is -0.308 e. The van der Waals surface area contributed by atoms with Crippen LogP contribution in [0.25, 0.3) is 0 Å². The molecule has 2 aromatic rings. The van der Waals surface area contributed by atoms with Crippen molar-refractivity contribution in [3.63, 3.8) is 0 Å². The van der Waals surface area contributed by atoms with Gasteiger partial charge in [0.2, 0.25) is 0 Å². The fourth-order valence-electron chi connectivity index (χ4n) is 2.49. The maximum atomic E-state index is 12.6. The number of nitrogens with zero attached hydrogens (tertiary/aromatic N) is 3. The summed E-state index contributed by atoms with van der Waals surface area (Å²) in [6.07, 6.45) is 3.44. The number of aryl methyl sites for hydroxylation is 1. The van der Waals surface area contributed by atoms with Crippen LogP contribution in [0.4, 0.5) is 5.69 Å².